The van der Waals surface area contributed by atoms with Crippen molar-refractivity contribution in [2.45, 2.75) is 50.4 Å². The zero-order valence-corrected chi connectivity index (χ0v) is 19.3. The molecule has 0 radical (unpaired) electrons. The molecule has 2 fully saturated rings. The Balaban J connectivity index is 0.000000257. The fourth-order valence-electron chi connectivity index (χ4n) is 3.96. The van der Waals surface area contributed by atoms with Crippen LogP contribution in [0.15, 0.2) is 29.2 Å². The predicted molar refractivity (Wildman–Crippen MR) is 113 cm³/mol. The molecule has 0 spiro atoms. The zero-order valence-electron chi connectivity index (χ0n) is 18.5. The van der Waals surface area contributed by atoms with Crippen LogP contribution in [0.2, 0.25) is 0 Å². The second-order valence-corrected chi connectivity index (χ2v) is 8.69. The molecule has 2 aliphatic heterocycles. The highest BCUT2D eigenvalue weighted by Crippen LogP contribution is 2.33. The van der Waals surface area contributed by atoms with Gasteiger partial charge < -0.3 is 10.2 Å². The third-order valence-electron chi connectivity index (χ3n) is 5.40. The molecule has 0 aliphatic carbocycles. The third kappa shape index (κ3) is 8.81. The number of carboxylic acids is 2. The topological polar surface area (TPSA) is 98.9 Å². The van der Waals surface area contributed by atoms with Crippen molar-refractivity contribution in [1.29, 1.82) is 0 Å². The number of carbonyl (C=O) groups is 2. The Morgan fingerprint density at radius 1 is 0.971 bits per heavy atom. The summed E-state index contributed by atoms with van der Waals surface area (Å²) in [4.78, 5) is 23.1. The van der Waals surface area contributed by atoms with Crippen molar-refractivity contribution in [3.63, 3.8) is 0 Å². The molecule has 0 saturated carbocycles. The summed E-state index contributed by atoms with van der Waals surface area (Å²) in [6, 6.07) is 3.76. The lowest BCUT2D eigenvalue weighted by Gasteiger charge is -2.25. The summed E-state index contributed by atoms with van der Waals surface area (Å²) in [5.74, 6) is -5.51. The molecule has 0 bridgehead atoms. The molecule has 2 atom stereocenters. The molecule has 35 heavy (non-hydrogen) atoms. The van der Waals surface area contributed by atoms with E-state index in [9.17, 15) is 26.3 Å². The SMILES string of the molecule is Cn1cc(CN2CC[C@@H]3[C@@H]2CCN3Cc2ccsc2)cn1.O=C(O)C(F)(F)F.O=C(O)C(F)(F)F. The Morgan fingerprint density at radius 3 is 1.77 bits per heavy atom. The van der Waals surface area contributed by atoms with E-state index < -0.39 is 24.3 Å². The maximum atomic E-state index is 10.6. The van der Waals surface area contributed by atoms with Crippen molar-refractivity contribution in [3.8, 4) is 0 Å². The van der Waals surface area contributed by atoms with Crippen molar-refractivity contribution in [3.05, 3.63) is 40.3 Å². The average molecular weight is 530 g/mol. The first-order chi connectivity index (χ1) is 16.2. The highest BCUT2D eigenvalue weighted by molar-refractivity contribution is 7.07. The van der Waals surface area contributed by atoms with Gasteiger partial charge in [-0.2, -0.15) is 42.8 Å². The van der Waals surface area contributed by atoms with Gasteiger partial charge in [-0.25, -0.2) is 9.59 Å². The largest absolute Gasteiger partial charge is 0.490 e. The normalized spacial score (nSPS) is 20.4. The summed E-state index contributed by atoms with van der Waals surface area (Å²) in [5.41, 5.74) is 2.82. The molecule has 2 aromatic heterocycles. The number of thiophene rings is 1. The summed E-state index contributed by atoms with van der Waals surface area (Å²) in [6.45, 7) is 4.66. The molecule has 196 valence electrons. The Morgan fingerprint density at radius 2 is 1.43 bits per heavy atom. The van der Waals surface area contributed by atoms with Crippen LogP contribution in [-0.4, -0.2) is 79.3 Å². The first kappa shape index (κ1) is 28.6. The number of likely N-dealkylation sites (tertiary alicyclic amines) is 2. The smallest absolute Gasteiger partial charge is 0.475 e. The van der Waals surface area contributed by atoms with E-state index in [-0.39, 0.29) is 0 Å². The molecule has 2 saturated heterocycles. The Hall–Kier alpha value is -2.65. The molecule has 0 unspecified atom stereocenters. The summed E-state index contributed by atoms with van der Waals surface area (Å²) in [5, 5.41) is 23.0. The van der Waals surface area contributed by atoms with Crippen molar-refractivity contribution >= 4 is 23.3 Å². The van der Waals surface area contributed by atoms with Gasteiger partial charge in [-0.15, -0.1) is 0 Å². The highest BCUT2D eigenvalue weighted by Gasteiger charge is 2.42. The molecule has 4 rings (SSSR count). The van der Waals surface area contributed by atoms with Crippen LogP contribution in [0.5, 0.6) is 0 Å². The van der Waals surface area contributed by atoms with Crippen LogP contribution in [0, 0.1) is 0 Å². The van der Waals surface area contributed by atoms with Crippen LogP contribution in [0.3, 0.4) is 0 Å². The molecular weight excluding hydrogens is 506 g/mol. The maximum absolute atomic E-state index is 10.6. The Bertz CT molecular complexity index is 940. The lowest BCUT2D eigenvalue weighted by Crippen LogP contribution is -2.35. The van der Waals surface area contributed by atoms with Gasteiger partial charge in [0.25, 0.3) is 0 Å². The quantitative estimate of drug-likeness (QED) is 0.583. The summed E-state index contributed by atoms with van der Waals surface area (Å²) in [7, 11) is 1.99. The van der Waals surface area contributed by atoms with E-state index >= 15 is 0 Å². The van der Waals surface area contributed by atoms with Crippen LogP contribution >= 0.6 is 11.3 Å². The first-order valence-corrected chi connectivity index (χ1v) is 11.2. The molecule has 0 aromatic carbocycles. The average Bonchev–Trinajstić information content (AvgIpc) is 3.51. The molecule has 4 heterocycles. The van der Waals surface area contributed by atoms with Crippen molar-refractivity contribution in [2.75, 3.05) is 13.1 Å². The van der Waals surface area contributed by atoms with Crippen molar-refractivity contribution < 1.29 is 46.1 Å². The van der Waals surface area contributed by atoms with Crippen LogP contribution in [0.4, 0.5) is 26.3 Å². The van der Waals surface area contributed by atoms with Crippen LogP contribution in [-0.2, 0) is 29.7 Å². The first-order valence-electron chi connectivity index (χ1n) is 10.3. The number of halogens is 6. The minimum atomic E-state index is -5.08. The van der Waals surface area contributed by atoms with Crippen LogP contribution < -0.4 is 0 Å². The standard InChI is InChI=1S/C16H22N4S.2C2HF3O2/c1-18-9-14(8-17-18)11-20-6-3-15-16(20)2-5-19(15)10-13-4-7-21-12-13;2*3-2(4,5)1(6)7/h4,7-9,12,15-16H,2-3,5-6,10-11H2,1H3;2*(H,6,7)/t15-,16+;;/m1../s1. The molecule has 0 amide bonds. The Kier molecular flexibility index (Phi) is 9.68. The molecule has 8 nitrogen and oxygen atoms in total. The van der Waals surface area contributed by atoms with E-state index in [0.717, 1.165) is 25.2 Å². The summed E-state index contributed by atoms with van der Waals surface area (Å²) in [6.07, 6.45) is -3.39. The van der Waals surface area contributed by atoms with Gasteiger partial charge in [-0.1, -0.05) is 0 Å². The number of hydrogen-bond donors (Lipinski definition) is 2. The molecular formula is C20H24F6N4O4S. The number of aromatic nitrogens is 2. The van der Waals surface area contributed by atoms with E-state index in [0.29, 0.717) is 0 Å². The number of fused-ring (bicyclic) bond motifs is 1. The number of nitrogens with zero attached hydrogens (tertiary/aromatic N) is 4. The van der Waals surface area contributed by atoms with Crippen molar-refractivity contribution in [1.82, 2.24) is 19.6 Å². The van der Waals surface area contributed by atoms with E-state index in [1.54, 1.807) is 11.3 Å². The second-order valence-electron chi connectivity index (χ2n) is 7.91. The van der Waals surface area contributed by atoms with Gasteiger partial charge in [0.05, 0.1) is 6.20 Å². The van der Waals surface area contributed by atoms with Crippen LogP contribution in [0.25, 0.3) is 0 Å². The molecule has 2 N–H and O–H groups in total. The number of carboxylic acid groups (broad SMARTS) is 2. The van der Waals surface area contributed by atoms with Gasteiger partial charge in [0.2, 0.25) is 0 Å². The van der Waals surface area contributed by atoms with Gasteiger partial charge >= 0.3 is 24.3 Å². The van der Waals surface area contributed by atoms with E-state index in [1.165, 1.54) is 37.1 Å². The maximum Gasteiger partial charge on any atom is 0.490 e. The van der Waals surface area contributed by atoms with Gasteiger partial charge in [0, 0.05) is 57.1 Å². The third-order valence-corrected chi connectivity index (χ3v) is 6.13. The predicted octanol–water partition coefficient (Wildman–Crippen LogP) is 3.60. The molecule has 2 aliphatic rings. The van der Waals surface area contributed by atoms with Crippen LogP contribution in [0.1, 0.15) is 24.0 Å². The van der Waals surface area contributed by atoms with E-state index in [4.69, 9.17) is 19.8 Å². The lowest BCUT2D eigenvalue weighted by molar-refractivity contribution is -0.193. The second kappa shape index (κ2) is 11.9. The van der Waals surface area contributed by atoms with Gasteiger partial charge in [0.1, 0.15) is 0 Å². The zero-order chi connectivity index (χ0) is 26.4. The fourth-order valence-corrected chi connectivity index (χ4v) is 4.62. The molecule has 15 heteroatoms. The molecule has 2 aromatic rings. The van der Waals surface area contributed by atoms with Gasteiger partial charge in [-0.3, -0.25) is 14.5 Å². The Labute approximate surface area is 200 Å². The monoisotopic (exact) mass is 530 g/mol. The lowest BCUT2D eigenvalue weighted by atomic mass is 10.1. The highest BCUT2D eigenvalue weighted by atomic mass is 32.1. The summed E-state index contributed by atoms with van der Waals surface area (Å²) >= 11 is 1.81. The number of alkyl halides is 6. The number of hydrogen-bond acceptors (Lipinski definition) is 6. The minimum absolute atomic E-state index is 0.740. The van der Waals surface area contributed by atoms with E-state index in [1.807, 2.05) is 17.9 Å². The number of rotatable bonds is 4. The van der Waals surface area contributed by atoms with Crippen molar-refractivity contribution in [2.24, 2.45) is 7.05 Å². The number of aryl methyl sites for hydroxylation is 1. The van der Waals surface area contributed by atoms with E-state index in [2.05, 4.69) is 37.9 Å². The minimum Gasteiger partial charge on any atom is -0.475 e. The van der Waals surface area contributed by atoms with Gasteiger partial charge in [0.15, 0.2) is 0 Å². The number of aliphatic carboxylic acids is 2. The summed E-state index contributed by atoms with van der Waals surface area (Å²) < 4.78 is 65.4. The fraction of sp³-hybridized carbons (Fsp3) is 0.550. The van der Waals surface area contributed by atoms with Gasteiger partial charge in [-0.05, 0) is 35.2 Å².